The Labute approximate surface area is 112 Å². The van der Waals surface area contributed by atoms with Gasteiger partial charge >= 0.3 is 5.97 Å². The van der Waals surface area contributed by atoms with Crippen LogP contribution < -0.4 is 0 Å². The first-order valence-electron chi connectivity index (χ1n) is 6.33. The number of nitrogens with zero attached hydrogens (tertiary/aromatic N) is 1. The Morgan fingerprint density at radius 2 is 1.95 bits per heavy atom. The number of carbonyl (C=O) groups excluding carboxylic acids is 2. The highest BCUT2D eigenvalue weighted by atomic mass is 16.5. The van der Waals surface area contributed by atoms with Crippen molar-refractivity contribution in [1.29, 1.82) is 0 Å². The number of hydrogen-bond acceptors (Lipinski definition) is 3. The van der Waals surface area contributed by atoms with Crippen LogP contribution >= 0.6 is 0 Å². The molecule has 1 aromatic carbocycles. The quantitative estimate of drug-likeness (QED) is 0.795. The highest BCUT2D eigenvalue weighted by molar-refractivity contribution is 6.08. The second kappa shape index (κ2) is 5.26. The van der Waals surface area contributed by atoms with Crippen LogP contribution in [0.2, 0.25) is 0 Å². The van der Waals surface area contributed by atoms with Gasteiger partial charge in [0.2, 0.25) is 5.91 Å². The van der Waals surface area contributed by atoms with Crippen molar-refractivity contribution in [2.45, 2.75) is 26.7 Å². The van der Waals surface area contributed by atoms with E-state index in [4.69, 9.17) is 4.74 Å². The zero-order chi connectivity index (χ0) is 14.0. The van der Waals surface area contributed by atoms with Gasteiger partial charge in [0.15, 0.2) is 0 Å². The minimum atomic E-state index is -0.406. The van der Waals surface area contributed by atoms with Gasteiger partial charge in [-0.1, -0.05) is 25.1 Å². The molecule has 2 rings (SSSR count). The molecule has 0 aliphatic rings. The Hall–Kier alpha value is -2.10. The number of hydrogen-bond donors (Lipinski definition) is 0. The molecule has 2 aromatic rings. The van der Waals surface area contributed by atoms with Gasteiger partial charge in [-0.2, -0.15) is 0 Å². The van der Waals surface area contributed by atoms with Gasteiger partial charge in [0.05, 0.1) is 18.2 Å². The molecule has 0 amide bonds. The summed E-state index contributed by atoms with van der Waals surface area (Å²) in [6.45, 7) is 3.74. The lowest BCUT2D eigenvalue weighted by Gasteiger charge is -2.05. The van der Waals surface area contributed by atoms with E-state index in [0.717, 1.165) is 17.3 Å². The minimum Gasteiger partial charge on any atom is -0.465 e. The van der Waals surface area contributed by atoms with Crippen molar-refractivity contribution in [3.05, 3.63) is 35.5 Å². The van der Waals surface area contributed by atoms with E-state index >= 15 is 0 Å². The van der Waals surface area contributed by atoms with E-state index in [1.54, 1.807) is 11.5 Å². The average Bonchev–Trinajstić information content (AvgIpc) is 2.70. The summed E-state index contributed by atoms with van der Waals surface area (Å²) in [7, 11) is 1.35. The summed E-state index contributed by atoms with van der Waals surface area (Å²) in [5.74, 6) is -0.400. The van der Waals surface area contributed by atoms with Crippen LogP contribution in [0.15, 0.2) is 24.3 Å². The van der Waals surface area contributed by atoms with E-state index in [1.165, 1.54) is 7.11 Å². The van der Waals surface area contributed by atoms with Gasteiger partial charge in [-0.15, -0.1) is 0 Å². The summed E-state index contributed by atoms with van der Waals surface area (Å²) < 4.78 is 6.43. The zero-order valence-electron chi connectivity index (χ0n) is 11.4. The molecule has 0 saturated heterocycles. The highest BCUT2D eigenvalue weighted by Gasteiger charge is 2.22. The lowest BCUT2D eigenvalue weighted by Crippen LogP contribution is -2.13. The van der Waals surface area contributed by atoms with Crippen LogP contribution in [0.4, 0.5) is 0 Å². The highest BCUT2D eigenvalue weighted by Crippen LogP contribution is 2.26. The molecule has 0 atom stereocenters. The topological polar surface area (TPSA) is 48.3 Å². The number of rotatable bonds is 3. The van der Waals surface area contributed by atoms with Crippen LogP contribution in [-0.2, 0) is 4.74 Å². The maximum Gasteiger partial charge on any atom is 0.340 e. The Morgan fingerprint density at radius 1 is 1.26 bits per heavy atom. The van der Waals surface area contributed by atoms with Crippen molar-refractivity contribution in [3.63, 3.8) is 0 Å². The third kappa shape index (κ3) is 2.14. The van der Waals surface area contributed by atoms with Gasteiger partial charge in [-0.05, 0) is 19.4 Å². The number of para-hydroxylation sites is 1. The van der Waals surface area contributed by atoms with Crippen molar-refractivity contribution in [2.24, 2.45) is 0 Å². The number of ether oxygens (including phenoxy) is 1. The van der Waals surface area contributed by atoms with Gasteiger partial charge < -0.3 is 4.74 Å². The number of fused-ring (bicyclic) bond motifs is 1. The number of esters is 1. The fourth-order valence-corrected chi connectivity index (χ4v) is 2.37. The van der Waals surface area contributed by atoms with E-state index < -0.39 is 5.97 Å². The summed E-state index contributed by atoms with van der Waals surface area (Å²) in [6, 6.07) is 7.40. The first kappa shape index (κ1) is 13.3. The van der Waals surface area contributed by atoms with E-state index in [2.05, 4.69) is 0 Å². The molecule has 4 heteroatoms. The van der Waals surface area contributed by atoms with Crippen LogP contribution in [0.25, 0.3) is 10.9 Å². The van der Waals surface area contributed by atoms with E-state index in [-0.39, 0.29) is 5.91 Å². The molecule has 100 valence electrons. The molecule has 0 unspecified atom stereocenters. The molecule has 0 spiro atoms. The monoisotopic (exact) mass is 259 g/mol. The molecule has 19 heavy (non-hydrogen) atoms. The molecular formula is C15H17NO3. The van der Waals surface area contributed by atoms with Gasteiger partial charge in [0.25, 0.3) is 0 Å². The fraction of sp³-hybridized carbons (Fsp3) is 0.333. The molecule has 0 radical (unpaired) electrons. The molecule has 0 N–H and O–H groups in total. The molecule has 0 bridgehead atoms. The van der Waals surface area contributed by atoms with Crippen molar-refractivity contribution < 1.29 is 14.3 Å². The third-order valence-electron chi connectivity index (χ3n) is 3.21. The van der Waals surface area contributed by atoms with Gasteiger partial charge in [-0.25, -0.2) is 4.79 Å². The number of aromatic nitrogens is 1. The summed E-state index contributed by atoms with van der Waals surface area (Å²) in [5.41, 5.74) is 1.88. The molecule has 0 saturated carbocycles. The van der Waals surface area contributed by atoms with Gasteiger partial charge in [-0.3, -0.25) is 9.36 Å². The number of benzene rings is 1. The van der Waals surface area contributed by atoms with Crippen molar-refractivity contribution in [2.75, 3.05) is 7.11 Å². The molecule has 1 aromatic heterocycles. The standard InChI is InChI=1S/C15H17NO3/c1-4-7-13(17)16-10(2)14(15(18)19-3)11-8-5-6-9-12(11)16/h5-6,8-9H,4,7H2,1-3H3. The van der Waals surface area contributed by atoms with Gasteiger partial charge in [0, 0.05) is 17.5 Å². The third-order valence-corrected chi connectivity index (χ3v) is 3.21. The largest absolute Gasteiger partial charge is 0.465 e. The minimum absolute atomic E-state index is 0.00588. The van der Waals surface area contributed by atoms with Crippen LogP contribution in [-0.4, -0.2) is 23.6 Å². The molecule has 1 heterocycles. The smallest absolute Gasteiger partial charge is 0.340 e. The van der Waals surface area contributed by atoms with E-state index in [0.29, 0.717) is 17.7 Å². The van der Waals surface area contributed by atoms with E-state index in [1.807, 2.05) is 31.2 Å². The SMILES string of the molecule is CCCC(=O)n1c(C)c(C(=O)OC)c2ccccc21. The molecule has 4 nitrogen and oxygen atoms in total. The maximum atomic E-state index is 12.2. The normalized spacial score (nSPS) is 10.7. The zero-order valence-corrected chi connectivity index (χ0v) is 11.4. The predicted octanol–water partition coefficient (Wildman–Crippen LogP) is 3.18. The number of carbonyl (C=O) groups is 2. The van der Waals surface area contributed by atoms with Crippen LogP contribution in [0.3, 0.4) is 0 Å². The lowest BCUT2D eigenvalue weighted by atomic mass is 10.1. The van der Waals surface area contributed by atoms with Crippen LogP contribution in [0, 0.1) is 6.92 Å². The second-order valence-electron chi connectivity index (χ2n) is 4.45. The molecule has 0 aliphatic heterocycles. The molecule has 0 fully saturated rings. The Kier molecular flexibility index (Phi) is 3.69. The first-order chi connectivity index (χ1) is 9.11. The first-order valence-corrected chi connectivity index (χ1v) is 6.33. The summed E-state index contributed by atoms with van der Waals surface area (Å²) in [6.07, 6.45) is 1.23. The second-order valence-corrected chi connectivity index (χ2v) is 4.45. The Morgan fingerprint density at radius 3 is 2.58 bits per heavy atom. The summed E-state index contributed by atoms with van der Waals surface area (Å²) in [4.78, 5) is 24.1. The van der Waals surface area contributed by atoms with Crippen LogP contribution in [0.5, 0.6) is 0 Å². The Bertz CT molecular complexity index is 640. The Balaban J connectivity index is 2.74. The molecule has 0 aliphatic carbocycles. The lowest BCUT2D eigenvalue weighted by molar-refractivity contribution is 0.0602. The van der Waals surface area contributed by atoms with Gasteiger partial charge in [0.1, 0.15) is 0 Å². The predicted molar refractivity (Wildman–Crippen MR) is 73.5 cm³/mol. The maximum absolute atomic E-state index is 12.2. The van der Waals surface area contributed by atoms with Crippen LogP contribution in [0.1, 0.15) is 40.6 Å². The summed E-state index contributed by atoms with van der Waals surface area (Å²) >= 11 is 0. The summed E-state index contributed by atoms with van der Waals surface area (Å²) in [5, 5.41) is 0.760. The van der Waals surface area contributed by atoms with Crippen molar-refractivity contribution in [1.82, 2.24) is 4.57 Å². The van der Waals surface area contributed by atoms with E-state index in [9.17, 15) is 9.59 Å². The average molecular weight is 259 g/mol. The van der Waals surface area contributed by atoms with Crippen molar-refractivity contribution in [3.8, 4) is 0 Å². The fourth-order valence-electron chi connectivity index (χ4n) is 2.37. The molecular weight excluding hydrogens is 242 g/mol. The number of methoxy groups -OCH3 is 1. The van der Waals surface area contributed by atoms with Crippen molar-refractivity contribution >= 4 is 22.8 Å².